The van der Waals surface area contributed by atoms with Crippen molar-refractivity contribution in [1.82, 2.24) is 4.90 Å². The second kappa shape index (κ2) is 8.88. The topological polar surface area (TPSA) is 32.7 Å². The monoisotopic (exact) mass is 308 g/mol. The molecule has 0 radical (unpaired) electrons. The highest BCUT2D eigenvalue weighted by Crippen LogP contribution is 2.20. The number of halogens is 1. The lowest BCUT2D eigenvalue weighted by molar-refractivity contribution is -0.00000624. The number of hydrogen-bond acceptors (Lipinski definition) is 3. The molecule has 2 aromatic rings. The van der Waals surface area contributed by atoms with E-state index in [2.05, 4.69) is 30.9 Å². The van der Waals surface area contributed by atoms with Gasteiger partial charge in [-0.3, -0.25) is 0 Å². The van der Waals surface area contributed by atoms with Gasteiger partial charge >= 0.3 is 0 Å². The Morgan fingerprint density at radius 2 is 1.71 bits per heavy atom. The van der Waals surface area contributed by atoms with Gasteiger partial charge in [-0.15, -0.1) is 0 Å². The van der Waals surface area contributed by atoms with Crippen LogP contribution < -0.4 is 17.1 Å². The normalized spacial score (nSPS) is 12.2. The van der Waals surface area contributed by atoms with Crippen molar-refractivity contribution in [1.29, 1.82) is 0 Å². The molecule has 0 aliphatic rings. The van der Waals surface area contributed by atoms with Crippen LogP contribution in [0.5, 0.6) is 5.75 Å². The number of benzene rings is 2. The summed E-state index contributed by atoms with van der Waals surface area (Å²) in [4.78, 5) is 2.19. The van der Waals surface area contributed by atoms with E-state index >= 15 is 0 Å². The van der Waals surface area contributed by atoms with Gasteiger partial charge in [0.25, 0.3) is 0 Å². The highest BCUT2D eigenvalue weighted by Gasteiger charge is 2.09. The highest BCUT2D eigenvalue weighted by atomic mass is 35.5. The molecule has 0 saturated carbocycles. The summed E-state index contributed by atoms with van der Waals surface area (Å²) in [6.45, 7) is 7.07. The molecular formula is C17H23ClNO2-. The number of hydrogen-bond donors (Lipinski definition) is 1. The zero-order chi connectivity index (χ0) is 14.4. The lowest BCUT2D eigenvalue weighted by Gasteiger charge is -2.22. The van der Waals surface area contributed by atoms with E-state index in [1.807, 2.05) is 30.3 Å². The van der Waals surface area contributed by atoms with Gasteiger partial charge in [-0.1, -0.05) is 44.2 Å². The molecule has 0 aromatic heterocycles. The molecule has 1 N–H and O–H groups in total. The van der Waals surface area contributed by atoms with Crippen LogP contribution in [0.2, 0.25) is 0 Å². The van der Waals surface area contributed by atoms with E-state index in [1.165, 1.54) is 5.39 Å². The molecule has 21 heavy (non-hydrogen) atoms. The summed E-state index contributed by atoms with van der Waals surface area (Å²) in [5.74, 6) is 0.808. The maximum Gasteiger partial charge on any atom is 0.120 e. The Balaban J connectivity index is 0.00000220. The third-order valence-electron chi connectivity index (χ3n) is 3.53. The van der Waals surface area contributed by atoms with Gasteiger partial charge in [-0.25, -0.2) is 0 Å². The van der Waals surface area contributed by atoms with E-state index in [0.29, 0.717) is 13.2 Å². The standard InChI is InChI=1S/C17H23NO2.ClH/c1-3-18(4-2)12-16(19)13-20-17-10-9-14-7-5-6-8-15(14)11-17;/h5-11,16,19H,3-4,12-13H2,1-2H3;1H/p-1. The molecule has 0 aliphatic carbocycles. The largest absolute Gasteiger partial charge is 1.00 e. The van der Waals surface area contributed by atoms with E-state index < -0.39 is 6.10 Å². The Morgan fingerprint density at radius 1 is 1.05 bits per heavy atom. The van der Waals surface area contributed by atoms with E-state index in [0.717, 1.165) is 24.2 Å². The zero-order valence-electron chi connectivity index (χ0n) is 12.6. The van der Waals surface area contributed by atoms with Crippen LogP contribution in [-0.4, -0.2) is 42.4 Å². The third-order valence-corrected chi connectivity index (χ3v) is 3.53. The average molecular weight is 309 g/mol. The number of ether oxygens (including phenoxy) is 1. The first-order valence-electron chi connectivity index (χ1n) is 7.25. The van der Waals surface area contributed by atoms with Gasteiger partial charge < -0.3 is 27.2 Å². The molecule has 0 amide bonds. The van der Waals surface area contributed by atoms with E-state index in [9.17, 15) is 5.11 Å². The summed E-state index contributed by atoms with van der Waals surface area (Å²) < 4.78 is 5.69. The summed E-state index contributed by atoms with van der Waals surface area (Å²) in [7, 11) is 0. The average Bonchev–Trinajstić information content (AvgIpc) is 2.50. The molecule has 0 heterocycles. The number of nitrogens with zero attached hydrogens (tertiary/aromatic N) is 1. The number of likely N-dealkylation sites (N-methyl/N-ethyl adjacent to an activating group) is 1. The first kappa shape index (κ1) is 17.8. The maximum absolute atomic E-state index is 9.99. The number of aliphatic hydroxyl groups excluding tert-OH is 1. The fourth-order valence-corrected chi connectivity index (χ4v) is 2.28. The summed E-state index contributed by atoms with van der Waals surface area (Å²) in [5, 5.41) is 12.3. The van der Waals surface area contributed by atoms with Gasteiger partial charge in [0, 0.05) is 6.54 Å². The van der Waals surface area contributed by atoms with Gasteiger partial charge in [-0.05, 0) is 36.0 Å². The van der Waals surface area contributed by atoms with Crippen molar-refractivity contribution in [2.24, 2.45) is 0 Å². The molecule has 0 saturated heterocycles. The number of aliphatic hydroxyl groups is 1. The number of fused-ring (bicyclic) bond motifs is 1. The van der Waals surface area contributed by atoms with Crippen LogP contribution in [0.15, 0.2) is 42.5 Å². The minimum Gasteiger partial charge on any atom is -1.00 e. The van der Waals surface area contributed by atoms with Gasteiger partial charge in [0.05, 0.1) is 0 Å². The Hall–Kier alpha value is -1.29. The predicted molar refractivity (Wildman–Crippen MR) is 83.2 cm³/mol. The van der Waals surface area contributed by atoms with E-state index in [4.69, 9.17) is 4.74 Å². The van der Waals surface area contributed by atoms with Crippen LogP contribution in [0.25, 0.3) is 10.8 Å². The Kier molecular flexibility index (Phi) is 7.51. The first-order chi connectivity index (χ1) is 9.72. The molecule has 1 atom stereocenters. The second-order valence-electron chi connectivity index (χ2n) is 4.96. The lowest BCUT2D eigenvalue weighted by atomic mass is 10.1. The van der Waals surface area contributed by atoms with Crippen LogP contribution in [0.4, 0.5) is 0 Å². The van der Waals surface area contributed by atoms with E-state index in [-0.39, 0.29) is 12.4 Å². The molecule has 1 unspecified atom stereocenters. The number of rotatable bonds is 7. The van der Waals surface area contributed by atoms with Crippen molar-refractivity contribution >= 4 is 10.8 Å². The molecule has 0 aliphatic heterocycles. The summed E-state index contributed by atoms with van der Waals surface area (Å²) >= 11 is 0. The molecule has 3 nitrogen and oxygen atoms in total. The SMILES string of the molecule is CCN(CC)CC(O)COc1ccc2ccccc2c1.[Cl-]. The van der Waals surface area contributed by atoms with Crippen LogP contribution in [0.3, 0.4) is 0 Å². The van der Waals surface area contributed by atoms with Crippen LogP contribution in [-0.2, 0) is 0 Å². The van der Waals surface area contributed by atoms with Crippen molar-refractivity contribution in [2.45, 2.75) is 20.0 Å². The maximum atomic E-state index is 9.99. The van der Waals surface area contributed by atoms with Crippen molar-refractivity contribution in [3.63, 3.8) is 0 Å². The van der Waals surface area contributed by atoms with Gasteiger partial charge in [0.15, 0.2) is 0 Å². The third kappa shape index (κ3) is 5.20. The Bertz CT molecular complexity index is 543. The molecule has 0 bridgehead atoms. The van der Waals surface area contributed by atoms with Gasteiger partial charge in [0.1, 0.15) is 18.5 Å². The zero-order valence-corrected chi connectivity index (χ0v) is 13.4. The molecule has 4 heteroatoms. The minimum absolute atomic E-state index is 0. The molecule has 116 valence electrons. The molecule has 0 spiro atoms. The summed E-state index contributed by atoms with van der Waals surface area (Å²) in [5.41, 5.74) is 0. The minimum atomic E-state index is -0.457. The Labute approximate surface area is 132 Å². The van der Waals surface area contributed by atoms with Crippen LogP contribution in [0.1, 0.15) is 13.8 Å². The van der Waals surface area contributed by atoms with Crippen LogP contribution in [0, 0.1) is 0 Å². The summed E-state index contributed by atoms with van der Waals surface area (Å²) in [6.07, 6.45) is -0.457. The van der Waals surface area contributed by atoms with Crippen molar-refractivity contribution in [3.8, 4) is 5.75 Å². The Morgan fingerprint density at radius 3 is 2.38 bits per heavy atom. The van der Waals surface area contributed by atoms with Crippen LogP contribution >= 0.6 is 0 Å². The summed E-state index contributed by atoms with van der Waals surface area (Å²) in [6, 6.07) is 14.2. The quantitative estimate of drug-likeness (QED) is 0.777. The van der Waals surface area contributed by atoms with Gasteiger partial charge in [-0.2, -0.15) is 0 Å². The fourth-order valence-electron chi connectivity index (χ4n) is 2.28. The molecule has 2 aromatic carbocycles. The van der Waals surface area contributed by atoms with E-state index in [1.54, 1.807) is 0 Å². The van der Waals surface area contributed by atoms with Crippen molar-refractivity contribution in [3.05, 3.63) is 42.5 Å². The highest BCUT2D eigenvalue weighted by molar-refractivity contribution is 5.83. The molecular weight excluding hydrogens is 286 g/mol. The smallest absolute Gasteiger partial charge is 0.120 e. The second-order valence-corrected chi connectivity index (χ2v) is 4.96. The fraction of sp³-hybridized carbons (Fsp3) is 0.412. The lowest BCUT2D eigenvalue weighted by Crippen LogP contribution is -3.00. The van der Waals surface area contributed by atoms with Crippen molar-refractivity contribution in [2.75, 3.05) is 26.2 Å². The molecule has 2 rings (SSSR count). The first-order valence-corrected chi connectivity index (χ1v) is 7.25. The molecule has 0 fully saturated rings. The predicted octanol–water partition coefficient (Wildman–Crippen LogP) is -0.0747. The van der Waals surface area contributed by atoms with Crippen molar-refractivity contribution < 1.29 is 22.3 Å². The van der Waals surface area contributed by atoms with Gasteiger partial charge in [0.2, 0.25) is 0 Å².